The number of rotatable bonds is 3. The zero-order chi connectivity index (χ0) is 17.8. The molecule has 0 aliphatic carbocycles. The molecule has 0 spiro atoms. The third-order valence-corrected chi connectivity index (χ3v) is 4.47. The van der Waals surface area contributed by atoms with Gasteiger partial charge in [-0.2, -0.15) is 0 Å². The number of hydrogen-bond acceptors (Lipinski definition) is 4. The molecule has 1 heterocycles. The van der Waals surface area contributed by atoms with Gasteiger partial charge in [0, 0.05) is 0 Å². The molecule has 1 aliphatic heterocycles. The SMILES string of the molecule is CC(/C=C1\SC(=Nc2cc(C)ccc2O)NC1=O)=C\c1ccccc1. The van der Waals surface area contributed by atoms with E-state index in [-0.39, 0.29) is 11.7 Å². The van der Waals surface area contributed by atoms with Crippen molar-refractivity contribution >= 4 is 34.6 Å². The molecule has 0 bridgehead atoms. The Balaban J connectivity index is 1.81. The Morgan fingerprint density at radius 2 is 1.96 bits per heavy atom. The summed E-state index contributed by atoms with van der Waals surface area (Å²) in [6.07, 6.45) is 3.86. The number of hydrogen-bond donors (Lipinski definition) is 2. The van der Waals surface area contributed by atoms with Crippen molar-refractivity contribution in [2.24, 2.45) is 4.99 Å². The number of carbonyl (C=O) groups excluding carboxylic acids is 1. The summed E-state index contributed by atoms with van der Waals surface area (Å²) in [6.45, 7) is 3.88. The number of aromatic hydroxyl groups is 1. The highest BCUT2D eigenvalue weighted by Crippen LogP contribution is 2.31. The number of carbonyl (C=O) groups is 1. The summed E-state index contributed by atoms with van der Waals surface area (Å²) in [6, 6.07) is 15.1. The first kappa shape index (κ1) is 17.0. The van der Waals surface area contributed by atoms with Crippen molar-refractivity contribution < 1.29 is 9.90 Å². The second-order valence-electron chi connectivity index (χ2n) is 5.77. The number of benzene rings is 2. The first-order chi connectivity index (χ1) is 12.0. The second kappa shape index (κ2) is 7.40. The fourth-order valence-corrected chi connectivity index (χ4v) is 3.26. The summed E-state index contributed by atoms with van der Waals surface area (Å²) in [5.41, 5.74) is 3.49. The number of amidine groups is 1. The monoisotopic (exact) mass is 350 g/mol. The van der Waals surface area contributed by atoms with Crippen molar-refractivity contribution in [2.45, 2.75) is 13.8 Å². The van der Waals surface area contributed by atoms with Gasteiger partial charge in [0.25, 0.3) is 5.91 Å². The lowest BCUT2D eigenvalue weighted by Crippen LogP contribution is -2.19. The first-order valence-corrected chi connectivity index (χ1v) is 8.65. The molecule has 0 saturated carbocycles. The highest BCUT2D eigenvalue weighted by molar-refractivity contribution is 8.18. The Bertz CT molecular complexity index is 899. The molecule has 1 aliphatic rings. The van der Waals surface area contributed by atoms with Crippen molar-refractivity contribution in [1.29, 1.82) is 0 Å². The van der Waals surface area contributed by atoms with Gasteiger partial charge >= 0.3 is 0 Å². The summed E-state index contributed by atoms with van der Waals surface area (Å²) in [4.78, 5) is 17.1. The molecule has 4 nitrogen and oxygen atoms in total. The molecule has 2 aromatic carbocycles. The summed E-state index contributed by atoms with van der Waals surface area (Å²) >= 11 is 1.27. The molecule has 5 heteroatoms. The maximum atomic E-state index is 12.1. The Hall–Kier alpha value is -2.79. The Labute approximate surface area is 151 Å². The molecular weight excluding hydrogens is 332 g/mol. The lowest BCUT2D eigenvalue weighted by molar-refractivity contribution is -0.115. The van der Waals surface area contributed by atoms with Crippen LogP contribution in [0.5, 0.6) is 5.75 Å². The summed E-state index contributed by atoms with van der Waals surface area (Å²) in [7, 11) is 0. The minimum atomic E-state index is -0.184. The van der Waals surface area contributed by atoms with Crippen LogP contribution >= 0.6 is 11.8 Å². The molecule has 2 N–H and O–H groups in total. The number of nitrogens with zero attached hydrogens (tertiary/aromatic N) is 1. The summed E-state index contributed by atoms with van der Waals surface area (Å²) in [5.74, 6) is -0.0952. The smallest absolute Gasteiger partial charge is 0.264 e. The topological polar surface area (TPSA) is 61.7 Å². The van der Waals surface area contributed by atoms with Gasteiger partial charge in [0.1, 0.15) is 11.4 Å². The molecule has 0 atom stereocenters. The van der Waals surface area contributed by atoms with Crippen LogP contribution in [-0.4, -0.2) is 16.2 Å². The van der Waals surface area contributed by atoms with Gasteiger partial charge in [-0.3, -0.25) is 4.79 Å². The van der Waals surface area contributed by atoms with Gasteiger partial charge in [-0.05, 0) is 60.5 Å². The minimum absolute atomic E-state index is 0.0885. The van der Waals surface area contributed by atoms with E-state index in [1.54, 1.807) is 12.1 Å². The largest absolute Gasteiger partial charge is 0.506 e. The van der Waals surface area contributed by atoms with Crippen molar-refractivity contribution in [3.8, 4) is 5.75 Å². The van der Waals surface area contributed by atoms with Gasteiger partial charge < -0.3 is 10.4 Å². The van der Waals surface area contributed by atoms with Crippen molar-refractivity contribution in [3.05, 3.63) is 76.2 Å². The maximum Gasteiger partial charge on any atom is 0.264 e. The van der Waals surface area contributed by atoms with E-state index in [1.165, 1.54) is 11.8 Å². The molecule has 126 valence electrons. The van der Waals surface area contributed by atoms with E-state index < -0.39 is 0 Å². The van der Waals surface area contributed by atoms with Crippen LogP contribution in [0.1, 0.15) is 18.1 Å². The van der Waals surface area contributed by atoms with E-state index in [1.807, 2.05) is 62.4 Å². The van der Waals surface area contributed by atoms with Gasteiger partial charge in [0.2, 0.25) is 0 Å². The fraction of sp³-hybridized carbons (Fsp3) is 0.100. The number of aryl methyl sites for hydroxylation is 1. The molecular formula is C20H18N2O2S. The van der Waals surface area contributed by atoms with Crippen LogP contribution in [0.2, 0.25) is 0 Å². The highest BCUT2D eigenvalue weighted by Gasteiger charge is 2.24. The van der Waals surface area contributed by atoms with Gasteiger partial charge in [-0.1, -0.05) is 42.5 Å². The average Bonchev–Trinajstić information content (AvgIpc) is 2.91. The van der Waals surface area contributed by atoms with Crippen LogP contribution in [-0.2, 0) is 4.79 Å². The van der Waals surface area contributed by atoms with Gasteiger partial charge in [-0.15, -0.1) is 0 Å². The van der Waals surface area contributed by atoms with Crippen molar-refractivity contribution in [3.63, 3.8) is 0 Å². The van der Waals surface area contributed by atoms with E-state index in [9.17, 15) is 9.90 Å². The van der Waals surface area contributed by atoms with Crippen molar-refractivity contribution in [1.82, 2.24) is 5.32 Å². The Kier molecular flexibility index (Phi) is 5.05. The van der Waals surface area contributed by atoms with E-state index in [2.05, 4.69) is 10.3 Å². The fourth-order valence-electron chi connectivity index (χ4n) is 2.37. The lowest BCUT2D eigenvalue weighted by atomic mass is 10.1. The van der Waals surface area contributed by atoms with Crippen LogP contribution in [0, 0.1) is 6.92 Å². The third-order valence-electron chi connectivity index (χ3n) is 3.56. The zero-order valence-corrected chi connectivity index (χ0v) is 14.8. The third kappa shape index (κ3) is 4.39. The molecule has 25 heavy (non-hydrogen) atoms. The standard InChI is InChI=1S/C20H18N2O2S/c1-13-8-9-17(23)16(11-13)21-20-22-19(24)18(25-20)12-14(2)10-15-6-4-3-5-7-15/h3-12,23H,1-2H3,(H,21,22,24)/b14-10+,18-12-. The van der Waals surface area contributed by atoms with Crippen LogP contribution in [0.4, 0.5) is 5.69 Å². The quantitative estimate of drug-likeness (QED) is 0.799. The molecule has 3 rings (SSSR count). The van der Waals surface area contributed by atoms with Gasteiger partial charge in [0.05, 0.1) is 4.91 Å². The molecule has 1 saturated heterocycles. The number of allylic oxidation sites excluding steroid dienone is 2. The predicted octanol–water partition coefficient (Wildman–Crippen LogP) is 4.54. The normalized spacial score (nSPS) is 18.0. The Morgan fingerprint density at radius 3 is 2.72 bits per heavy atom. The number of phenolic OH excluding ortho intramolecular Hbond substituents is 1. The van der Waals surface area contributed by atoms with Crippen LogP contribution in [0.3, 0.4) is 0 Å². The average molecular weight is 350 g/mol. The molecule has 0 aromatic heterocycles. The van der Waals surface area contributed by atoms with Crippen molar-refractivity contribution in [2.75, 3.05) is 0 Å². The number of aliphatic imine (C=N–C) groups is 1. The molecule has 0 radical (unpaired) electrons. The highest BCUT2D eigenvalue weighted by atomic mass is 32.2. The first-order valence-electron chi connectivity index (χ1n) is 7.84. The summed E-state index contributed by atoms with van der Waals surface area (Å²) < 4.78 is 0. The van der Waals surface area contributed by atoms with E-state index in [0.717, 1.165) is 16.7 Å². The maximum absolute atomic E-state index is 12.1. The number of phenols is 1. The Morgan fingerprint density at radius 1 is 1.20 bits per heavy atom. The van der Waals surface area contributed by atoms with Gasteiger partial charge in [-0.25, -0.2) is 4.99 Å². The number of amides is 1. The summed E-state index contributed by atoms with van der Waals surface area (Å²) in [5, 5.41) is 13.1. The van der Waals surface area contributed by atoms with Gasteiger partial charge in [0.15, 0.2) is 5.17 Å². The lowest BCUT2D eigenvalue weighted by Gasteiger charge is -2.01. The molecule has 2 aromatic rings. The molecule has 1 amide bonds. The van der Waals surface area contributed by atoms with Crippen LogP contribution in [0.25, 0.3) is 6.08 Å². The van der Waals surface area contributed by atoms with Crippen LogP contribution in [0.15, 0.2) is 70.1 Å². The second-order valence-corrected chi connectivity index (χ2v) is 6.80. The number of thioether (sulfide) groups is 1. The van der Waals surface area contributed by atoms with Crippen LogP contribution < -0.4 is 5.32 Å². The van der Waals surface area contributed by atoms with E-state index in [0.29, 0.717) is 15.8 Å². The minimum Gasteiger partial charge on any atom is -0.506 e. The molecule has 0 unspecified atom stereocenters. The number of nitrogens with one attached hydrogen (secondary N) is 1. The predicted molar refractivity (Wildman–Crippen MR) is 104 cm³/mol. The molecule has 1 fully saturated rings. The zero-order valence-electron chi connectivity index (χ0n) is 14.0. The van der Waals surface area contributed by atoms with E-state index >= 15 is 0 Å². The van der Waals surface area contributed by atoms with E-state index in [4.69, 9.17) is 0 Å².